The second-order valence-corrected chi connectivity index (χ2v) is 6.50. The zero-order valence-electron chi connectivity index (χ0n) is 13.1. The van der Waals surface area contributed by atoms with Crippen molar-refractivity contribution in [1.82, 2.24) is 10.2 Å². The van der Waals surface area contributed by atoms with Crippen LogP contribution < -0.4 is 5.32 Å². The Morgan fingerprint density at radius 3 is 2.35 bits per heavy atom. The van der Waals surface area contributed by atoms with Crippen LogP contribution in [0.5, 0.6) is 0 Å². The first-order chi connectivity index (χ1) is 9.35. The molecule has 0 aliphatic heterocycles. The van der Waals surface area contributed by atoms with Gasteiger partial charge in [-0.05, 0) is 58.1 Å². The number of benzene rings is 1. The fourth-order valence-electron chi connectivity index (χ4n) is 2.54. The molecule has 0 saturated carbocycles. The van der Waals surface area contributed by atoms with E-state index >= 15 is 0 Å². The highest BCUT2D eigenvalue weighted by molar-refractivity contribution is 6.35. The lowest BCUT2D eigenvalue weighted by Gasteiger charge is -2.43. The van der Waals surface area contributed by atoms with E-state index in [-0.39, 0.29) is 5.54 Å². The lowest BCUT2D eigenvalue weighted by Crippen LogP contribution is -2.57. The summed E-state index contributed by atoms with van der Waals surface area (Å²) in [4.78, 5) is 2.30. The first-order valence-electron chi connectivity index (χ1n) is 7.19. The third kappa shape index (κ3) is 4.11. The SMILES string of the molecule is CCNC(Cc1ccc(Cl)cc1Cl)C(C)(CC)N(C)C. The van der Waals surface area contributed by atoms with E-state index in [2.05, 4.69) is 45.1 Å². The highest BCUT2D eigenvalue weighted by Crippen LogP contribution is 2.28. The Morgan fingerprint density at radius 1 is 1.25 bits per heavy atom. The van der Waals surface area contributed by atoms with Crippen molar-refractivity contribution in [2.45, 2.75) is 45.2 Å². The minimum Gasteiger partial charge on any atom is -0.312 e. The number of hydrogen-bond acceptors (Lipinski definition) is 2. The topological polar surface area (TPSA) is 15.3 Å². The minimum absolute atomic E-state index is 0.0823. The molecule has 2 unspecified atom stereocenters. The second kappa shape index (κ2) is 7.65. The van der Waals surface area contributed by atoms with Gasteiger partial charge in [-0.2, -0.15) is 0 Å². The molecule has 1 aromatic carbocycles. The Morgan fingerprint density at radius 2 is 1.90 bits per heavy atom. The van der Waals surface area contributed by atoms with Crippen LogP contribution in [0.1, 0.15) is 32.8 Å². The van der Waals surface area contributed by atoms with Crippen LogP contribution in [0.3, 0.4) is 0 Å². The molecule has 0 spiro atoms. The van der Waals surface area contributed by atoms with Crippen LogP contribution in [0.2, 0.25) is 10.0 Å². The largest absolute Gasteiger partial charge is 0.312 e. The van der Waals surface area contributed by atoms with Crippen molar-refractivity contribution in [2.75, 3.05) is 20.6 Å². The molecular formula is C16H26Cl2N2. The van der Waals surface area contributed by atoms with E-state index in [1.807, 2.05) is 18.2 Å². The van der Waals surface area contributed by atoms with Crippen LogP contribution in [0.4, 0.5) is 0 Å². The Hall–Kier alpha value is -0.280. The van der Waals surface area contributed by atoms with E-state index in [1.165, 1.54) is 0 Å². The van der Waals surface area contributed by atoms with Crippen LogP contribution in [-0.2, 0) is 6.42 Å². The maximum absolute atomic E-state index is 6.32. The Kier molecular flexibility index (Phi) is 6.80. The lowest BCUT2D eigenvalue weighted by atomic mass is 9.84. The monoisotopic (exact) mass is 316 g/mol. The number of hydrogen-bond donors (Lipinski definition) is 1. The van der Waals surface area contributed by atoms with Crippen LogP contribution in [-0.4, -0.2) is 37.1 Å². The van der Waals surface area contributed by atoms with Crippen LogP contribution in [0.15, 0.2) is 18.2 Å². The van der Waals surface area contributed by atoms with Crippen molar-refractivity contribution in [1.29, 1.82) is 0 Å². The molecule has 0 aliphatic rings. The van der Waals surface area contributed by atoms with Crippen molar-refractivity contribution < 1.29 is 0 Å². The smallest absolute Gasteiger partial charge is 0.0453 e. The first-order valence-corrected chi connectivity index (χ1v) is 7.95. The normalized spacial score (nSPS) is 16.2. The minimum atomic E-state index is 0.0823. The Bertz CT molecular complexity index is 434. The number of nitrogens with zero attached hydrogens (tertiary/aromatic N) is 1. The summed E-state index contributed by atoms with van der Waals surface area (Å²) in [7, 11) is 4.27. The van der Waals surface area contributed by atoms with Gasteiger partial charge >= 0.3 is 0 Å². The molecule has 0 saturated heterocycles. The second-order valence-electron chi connectivity index (χ2n) is 5.66. The fraction of sp³-hybridized carbons (Fsp3) is 0.625. The molecule has 0 amide bonds. The van der Waals surface area contributed by atoms with E-state index in [0.717, 1.165) is 30.0 Å². The number of nitrogens with one attached hydrogen (secondary N) is 1. The van der Waals surface area contributed by atoms with E-state index < -0.39 is 0 Å². The molecule has 0 fully saturated rings. The summed E-state index contributed by atoms with van der Waals surface area (Å²) in [5.41, 5.74) is 1.22. The maximum Gasteiger partial charge on any atom is 0.0453 e. The zero-order chi connectivity index (χ0) is 15.3. The molecule has 2 nitrogen and oxygen atoms in total. The molecule has 0 aliphatic carbocycles. The average Bonchev–Trinajstić information content (AvgIpc) is 2.39. The van der Waals surface area contributed by atoms with Crippen LogP contribution >= 0.6 is 23.2 Å². The molecule has 0 heterocycles. The fourth-order valence-corrected chi connectivity index (χ4v) is 3.03. The van der Waals surface area contributed by atoms with Gasteiger partial charge in [-0.1, -0.05) is 43.1 Å². The quantitative estimate of drug-likeness (QED) is 0.809. The molecule has 0 aromatic heterocycles. The molecule has 1 N–H and O–H groups in total. The van der Waals surface area contributed by atoms with Crippen molar-refractivity contribution in [3.63, 3.8) is 0 Å². The summed E-state index contributed by atoms with van der Waals surface area (Å²) >= 11 is 12.3. The van der Waals surface area contributed by atoms with Crippen molar-refractivity contribution in [3.05, 3.63) is 33.8 Å². The summed E-state index contributed by atoms with van der Waals surface area (Å²) in [6.07, 6.45) is 1.97. The highest BCUT2D eigenvalue weighted by Gasteiger charge is 2.34. The molecule has 114 valence electrons. The third-order valence-corrected chi connectivity index (χ3v) is 4.96. The molecular weight excluding hydrogens is 291 g/mol. The predicted molar refractivity (Wildman–Crippen MR) is 90.0 cm³/mol. The molecule has 4 heteroatoms. The molecule has 1 rings (SSSR count). The molecule has 0 bridgehead atoms. The standard InChI is InChI=1S/C16H26Cl2N2/c1-6-16(3,20(4)5)15(19-7-2)10-12-8-9-13(17)11-14(12)18/h8-9,11,15,19H,6-7,10H2,1-5H3. The van der Waals surface area contributed by atoms with Gasteiger partial charge in [-0.3, -0.25) is 0 Å². The van der Waals surface area contributed by atoms with E-state index in [4.69, 9.17) is 23.2 Å². The van der Waals surface area contributed by atoms with E-state index in [1.54, 1.807) is 0 Å². The zero-order valence-corrected chi connectivity index (χ0v) is 14.6. The Balaban J connectivity index is 3.02. The molecule has 0 radical (unpaired) electrons. The number of rotatable bonds is 7. The molecule has 2 atom stereocenters. The Labute approximate surface area is 133 Å². The van der Waals surface area contributed by atoms with Gasteiger partial charge in [-0.25, -0.2) is 0 Å². The molecule has 20 heavy (non-hydrogen) atoms. The van der Waals surface area contributed by atoms with Gasteiger partial charge in [-0.15, -0.1) is 0 Å². The summed E-state index contributed by atoms with van der Waals surface area (Å²) in [6, 6.07) is 6.09. The van der Waals surface area contributed by atoms with Gasteiger partial charge in [0.25, 0.3) is 0 Å². The van der Waals surface area contributed by atoms with Gasteiger partial charge in [0.2, 0.25) is 0 Å². The van der Waals surface area contributed by atoms with E-state index in [9.17, 15) is 0 Å². The van der Waals surface area contributed by atoms with Gasteiger partial charge in [0.05, 0.1) is 0 Å². The van der Waals surface area contributed by atoms with Gasteiger partial charge in [0.1, 0.15) is 0 Å². The van der Waals surface area contributed by atoms with Crippen molar-refractivity contribution in [3.8, 4) is 0 Å². The van der Waals surface area contributed by atoms with Crippen molar-refractivity contribution in [2.24, 2.45) is 0 Å². The van der Waals surface area contributed by atoms with Crippen LogP contribution in [0, 0.1) is 0 Å². The van der Waals surface area contributed by atoms with Gasteiger partial charge in [0, 0.05) is 21.6 Å². The number of halogens is 2. The molecule has 1 aromatic rings. The maximum atomic E-state index is 6.32. The average molecular weight is 317 g/mol. The van der Waals surface area contributed by atoms with Crippen LogP contribution in [0.25, 0.3) is 0 Å². The first kappa shape index (κ1) is 17.8. The summed E-state index contributed by atoms with van der Waals surface area (Å²) < 4.78 is 0. The highest BCUT2D eigenvalue weighted by atomic mass is 35.5. The van der Waals surface area contributed by atoms with Crippen molar-refractivity contribution >= 4 is 23.2 Å². The third-order valence-electron chi connectivity index (χ3n) is 4.38. The summed E-state index contributed by atoms with van der Waals surface area (Å²) in [5.74, 6) is 0. The lowest BCUT2D eigenvalue weighted by molar-refractivity contribution is 0.113. The van der Waals surface area contributed by atoms with Gasteiger partial charge in [0.15, 0.2) is 0 Å². The number of likely N-dealkylation sites (N-methyl/N-ethyl adjacent to an activating group) is 2. The summed E-state index contributed by atoms with van der Waals surface area (Å²) in [6.45, 7) is 7.61. The predicted octanol–water partition coefficient (Wildman–Crippen LogP) is 4.24. The summed E-state index contributed by atoms with van der Waals surface area (Å²) in [5, 5.41) is 5.05. The van der Waals surface area contributed by atoms with Gasteiger partial charge < -0.3 is 10.2 Å². The van der Waals surface area contributed by atoms with E-state index in [0.29, 0.717) is 11.1 Å².